The highest BCUT2D eigenvalue weighted by molar-refractivity contribution is 7.91. The second-order valence-corrected chi connectivity index (χ2v) is 10.5. The molecule has 2 aliphatic rings. The van der Waals surface area contributed by atoms with Gasteiger partial charge in [-0.3, -0.25) is 24.1 Å². The van der Waals surface area contributed by atoms with Crippen LogP contribution < -0.4 is 0 Å². The van der Waals surface area contributed by atoms with Crippen LogP contribution in [0.1, 0.15) is 40.0 Å². The van der Waals surface area contributed by atoms with Crippen molar-refractivity contribution in [3.63, 3.8) is 0 Å². The van der Waals surface area contributed by atoms with E-state index < -0.39 is 46.2 Å². The van der Waals surface area contributed by atoms with Gasteiger partial charge in [-0.05, 0) is 30.4 Å². The van der Waals surface area contributed by atoms with Crippen LogP contribution in [-0.2, 0) is 24.2 Å². The number of nitrogens with zero attached hydrogens (tertiary/aromatic N) is 2. The number of carbonyl (C=O) groups is 4. The molecule has 0 N–H and O–H groups in total. The lowest BCUT2D eigenvalue weighted by Gasteiger charge is -2.27. The first-order valence-electron chi connectivity index (χ1n) is 10.7. The molecule has 2 aromatic rings. The van der Waals surface area contributed by atoms with Crippen LogP contribution >= 0.6 is 0 Å². The maximum Gasteiger partial charge on any atom is 0.306 e. The molecule has 2 aromatic carbocycles. The molecule has 174 valence electrons. The summed E-state index contributed by atoms with van der Waals surface area (Å²) in [5, 5.41) is 1.46. The van der Waals surface area contributed by atoms with E-state index in [1.165, 1.54) is 11.9 Å². The number of amides is 3. The number of sulfone groups is 1. The summed E-state index contributed by atoms with van der Waals surface area (Å²) in [7, 11) is -1.64. The van der Waals surface area contributed by atoms with Crippen LogP contribution in [-0.4, -0.2) is 79.7 Å². The molecule has 3 amide bonds. The molecule has 1 atom stereocenters. The van der Waals surface area contributed by atoms with Gasteiger partial charge in [0.25, 0.3) is 17.7 Å². The van der Waals surface area contributed by atoms with E-state index in [0.29, 0.717) is 22.9 Å². The monoisotopic (exact) mass is 472 g/mol. The van der Waals surface area contributed by atoms with Crippen molar-refractivity contribution < 1.29 is 32.3 Å². The van der Waals surface area contributed by atoms with E-state index in [-0.39, 0.29) is 30.9 Å². The average Bonchev–Trinajstić information content (AvgIpc) is 3.16. The predicted octanol–water partition coefficient (Wildman–Crippen LogP) is 1.40. The Kier molecular flexibility index (Phi) is 6.20. The summed E-state index contributed by atoms with van der Waals surface area (Å²) in [5.74, 6) is -1.95. The van der Waals surface area contributed by atoms with Crippen molar-refractivity contribution in [2.75, 3.05) is 31.7 Å². The summed E-state index contributed by atoms with van der Waals surface area (Å²) < 4.78 is 28.2. The lowest BCUT2D eigenvalue weighted by Crippen LogP contribution is -2.41. The van der Waals surface area contributed by atoms with Crippen LogP contribution in [0.15, 0.2) is 36.4 Å². The van der Waals surface area contributed by atoms with Crippen LogP contribution in [0.3, 0.4) is 0 Å². The quantitative estimate of drug-likeness (QED) is 0.442. The second kappa shape index (κ2) is 8.93. The van der Waals surface area contributed by atoms with Crippen LogP contribution in [0.25, 0.3) is 10.8 Å². The number of esters is 1. The Balaban J connectivity index is 1.28. The van der Waals surface area contributed by atoms with Gasteiger partial charge in [0.2, 0.25) is 0 Å². The van der Waals surface area contributed by atoms with Gasteiger partial charge in [0.15, 0.2) is 16.4 Å². The summed E-state index contributed by atoms with van der Waals surface area (Å²) in [5.41, 5.74) is 0.903. The van der Waals surface area contributed by atoms with E-state index in [1.807, 2.05) is 12.1 Å². The highest BCUT2D eigenvalue weighted by Crippen LogP contribution is 2.30. The number of likely N-dealkylation sites (N-methyl/N-ethyl adjacent to an activating group) is 1. The molecule has 0 unspecified atom stereocenters. The summed E-state index contributed by atoms with van der Waals surface area (Å²) >= 11 is 0. The van der Waals surface area contributed by atoms with Crippen molar-refractivity contribution in [3.05, 3.63) is 47.5 Å². The molecule has 0 radical (unpaired) electrons. The van der Waals surface area contributed by atoms with Crippen molar-refractivity contribution in [1.29, 1.82) is 0 Å². The first-order chi connectivity index (χ1) is 15.7. The normalized spacial score (nSPS) is 19.1. The summed E-state index contributed by atoms with van der Waals surface area (Å²) in [4.78, 5) is 52.4. The van der Waals surface area contributed by atoms with Crippen molar-refractivity contribution in [1.82, 2.24) is 9.80 Å². The number of benzene rings is 2. The van der Waals surface area contributed by atoms with Gasteiger partial charge in [0.05, 0.1) is 11.5 Å². The van der Waals surface area contributed by atoms with Crippen molar-refractivity contribution in [2.24, 2.45) is 0 Å². The Morgan fingerprint density at radius 1 is 1.09 bits per heavy atom. The fourth-order valence-electron chi connectivity index (χ4n) is 4.27. The van der Waals surface area contributed by atoms with E-state index in [4.69, 9.17) is 4.74 Å². The third kappa shape index (κ3) is 4.61. The van der Waals surface area contributed by atoms with Crippen LogP contribution in [0.4, 0.5) is 0 Å². The predicted molar refractivity (Wildman–Crippen MR) is 119 cm³/mol. The van der Waals surface area contributed by atoms with Gasteiger partial charge in [0, 0.05) is 42.6 Å². The first kappa shape index (κ1) is 22.9. The maximum atomic E-state index is 12.8. The zero-order valence-corrected chi connectivity index (χ0v) is 19.0. The highest BCUT2D eigenvalue weighted by atomic mass is 32.2. The van der Waals surface area contributed by atoms with Crippen molar-refractivity contribution in [2.45, 2.75) is 25.3 Å². The fourth-order valence-corrected chi connectivity index (χ4v) is 6.04. The van der Waals surface area contributed by atoms with Gasteiger partial charge >= 0.3 is 5.97 Å². The number of hydrogen-bond acceptors (Lipinski definition) is 7. The minimum absolute atomic E-state index is 0.0436. The van der Waals surface area contributed by atoms with Gasteiger partial charge in [-0.2, -0.15) is 0 Å². The lowest BCUT2D eigenvalue weighted by molar-refractivity contribution is -0.152. The summed E-state index contributed by atoms with van der Waals surface area (Å²) in [6.45, 7) is -0.436. The van der Waals surface area contributed by atoms with Crippen molar-refractivity contribution >= 4 is 44.3 Å². The number of carbonyl (C=O) groups excluding carboxylic acids is 4. The molecule has 0 saturated carbocycles. The van der Waals surface area contributed by atoms with E-state index in [9.17, 15) is 27.6 Å². The minimum Gasteiger partial charge on any atom is -0.456 e. The van der Waals surface area contributed by atoms with E-state index in [0.717, 1.165) is 10.3 Å². The largest absolute Gasteiger partial charge is 0.456 e. The molecular formula is C23H24N2O7S. The third-order valence-corrected chi connectivity index (χ3v) is 7.87. The van der Waals surface area contributed by atoms with E-state index >= 15 is 0 Å². The molecule has 4 rings (SSSR count). The number of hydrogen-bond donors (Lipinski definition) is 0. The lowest BCUT2D eigenvalue weighted by atomic mass is 9.94. The van der Waals surface area contributed by atoms with Crippen molar-refractivity contribution in [3.8, 4) is 0 Å². The summed E-state index contributed by atoms with van der Waals surface area (Å²) in [6.07, 6.45) is 0.490. The molecular weight excluding hydrogens is 448 g/mol. The van der Waals surface area contributed by atoms with Gasteiger partial charge in [-0.1, -0.05) is 24.3 Å². The molecule has 1 saturated heterocycles. The molecule has 10 heteroatoms. The number of ether oxygens (including phenoxy) is 1. The Morgan fingerprint density at radius 3 is 2.30 bits per heavy atom. The zero-order valence-electron chi connectivity index (χ0n) is 18.2. The molecule has 33 heavy (non-hydrogen) atoms. The molecule has 0 aliphatic carbocycles. The molecule has 1 fully saturated rings. The van der Waals surface area contributed by atoms with Gasteiger partial charge < -0.3 is 9.64 Å². The number of imide groups is 1. The smallest absolute Gasteiger partial charge is 0.306 e. The SMILES string of the molecule is CN(C(=O)COC(=O)CCCN1C(=O)c2cccc3cccc(c23)C1=O)[C@@H]1CCS(=O)(=O)C1. The first-order valence-corrected chi connectivity index (χ1v) is 12.5. The molecule has 0 spiro atoms. The van der Waals surface area contributed by atoms with Crippen LogP contribution in [0, 0.1) is 0 Å². The topological polar surface area (TPSA) is 118 Å². The highest BCUT2D eigenvalue weighted by Gasteiger charge is 2.34. The van der Waals surface area contributed by atoms with Crippen LogP contribution in [0.5, 0.6) is 0 Å². The van der Waals surface area contributed by atoms with E-state index in [2.05, 4.69) is 0 Å². The molecule has 0 aromatic heterocycles. The van der Waals surface area contributed by atoms with Gasteiger partial charge in [0.1, 0.15) is 0 Å². The Labute approximate surface area is 191 Å². The zero-order chi connectivity index (χ0) is 23.8. The second-order valence-electron chi connectivity index (χ2n) is 8.30. The van der Waals surface area contributed by atoms with Gasteiger partial charge in [-0.25, -0.2) is 8.42 Å². The Hall–Kier alpha value is -3.27. The Morgan fingerprint density at radius 2 is 1.73 bits per heavy atom. The molecule has 2 heterocycles. The fraction of sp³-hybridized carbons (Fsp3) is 0.391. The third-order valence-electron chi connectivity index (χ3n) is 6.12. The standard InChI is InChI=1S/C23H24N2O7S/c1-24(16-10-12-33(30,31)14-16)19(26)13-32-20(27)9-4-11-25-22(28)17-7-2-5-15-6-3-8-18(21(15)17)23(25)29/h2-3,5-8,16H,4,9-14H2,1H3/t16-/m1/s1. The number of rotatable bonds is 7. The van der Waals surface area contributed by atoms with Crippen LogP contribution in [0.2, 0.25) is 0 Å². The molecule has 0 bridgehead atoms. The van der Waals surface area contributed by atoms with E-state index in [1.54, 1.807) is 24.3 Å². The maximum absolute atomic E-state index is 12.8. The summed E-state index contributed by atoms with van der Waals surface area (Å²) in [6, 6.07) is 10.2. The molecule has 2 aliphatic heterocycles. The average molecular weight is 473 g/mol. The minimum atomic E-state index is -3.13. The molecule has 9 nitrogen and oxygen atoms in total. The van der Waals surface area contributed by atoms with Gasteiger partial charge in [-0.15, -0.1) is 0 Å². The Bertz CT molecular complexity index is 1200.